The number of hydrogen-bond acceptors (Lipinski definition) is 5. The maximum Gasteiger partial charge on any atom is 0.160 e. The molecule has 27 heavy (non-hydrogen) atoms. The number of piperidine rings is 1. The van der Waals surface area contributed by atoms with E-state index in [1.807, 2.05) is 36.4 Å². The van der Waals surface area contributed by atoms with Crippen LogP contribution in [0.2, 0.25) is 5.02 Å². The molecule has 3 heterocycles. The second-order valence-corrected chi connectivity index (χ2v) is 7.37. The van der Waals surface area contributed by atoms with Gasteiger partial charge < -0.3 is 15.0 Å². The highest BCUT2D eigenvalue weighted by Gasteiger charge is 2.25. The Morgan fingerprint density at radius 3 is 3.04 bits per heavy atom. The zero-order valence-electron chi connectivity index (χ0n) is 14.8. The zero-order chi connectivity index (χ0) is 18.8. The normalized spacial score (nSPS) is 20.1. The topological polar surface area (TPSA) is 80.0 Å². The molecule has 0 spiro atoms. The molecule has 1 aliphatic heterocycles. The van der Waals surface area contributed by atoms with E-state index in [0.717, 1.165) is 36.2 Å². The second kappa shape index (κ2) is 7.76. The zero-order valence-corrected chi connectivity index (χ0v) is 15.6. The predicted molar refractivity (Wildman–Crippen MR) is 105 cm³/mol. The van der Waals surface area contributed by atoms with Crippen LogP contribution >= 0.6 is 11.6 Å². The molecule has 0 amide bonds. The van der Waals surface area contributed by atoms with Gasteiger partial charge in [-0.25, -0.2) is 9.97 Å². The molecule has 6 nitrogen and oxygen atoms in total. The molecule has 2 N–H and O–H groups in total. The highest BCUT2D eigenvalue weighted by atomic mass is 35.5. The van der Waals surface area contributed by atoms with Gasteiger partial charge in [0.1, 0.15) is 5.52 Å². The summed E-state index contributed by atoms with van der Waals surface area (Å²) in [5, 5.41) is 13.9. The molecule has 0 radical (unpaired) electrons. The van der Waals surface area contributed by atoms with Crippen molar-refractivity contribution in [3.63, 3.8) is 0 Å². The van der Waals surface area contributed by atoms with Crippen molar-refractivity contribution in [1.82, 2.24) is 19.9 Å². The van der Waals surface area contributed by atoms with Gasteiger partial charge in [0.2, 0.25) is 0 Å². The Kier molecular flexibility index (Phi) is 5.20. The Balaban J connectivity index is 1.55. The van der Waals surface area contributed by atoms with Crippen LogP contribution in [0.25, 0.3) is 22.4 Å². The molecule has 1 saturated heterocycles. The third kappa shape index (κ3) is 4.03. The monoisotopic (exact) mass is 384 g/mol. The van der Waals surface area contributed by atoms with Gasteiger partial charge in [-0.2, -0.15) is 0 Å². The first-order chi connectivity index (χ1) is 13.1. The largest absolute Gasteiger partial charge is 0.391 e. The number of fused-ring (bicyclic) bond motifs is 1. The van der Waals surface area contributed by atoms with Crippen molar-refractivity contribution in [1.29, 1.82) is 0 Å². The number of pyridine rings is 1. The molecular formula is C20H21ClN4O2. The number of nitrogens with zero attached hydrogens (tertiary/aromatic N) is 3. The van der Waals surface area contributed by atoms with Crippen molar-refractivity contribution in [2.45, 2.75) is 38.0 Å². The molecule has 1 fully saturated rings. The van der Waals surface area contributed by atoms with E-state index in [2.05, 4.69) is 15.3 Å². The number of carbonyl (C=O) groups is 1. The number of ketones is 1. The van der Waals surface area contributed by atoms with E-state index >= 15 is 0 Å². The van der Waals surface area contributed by atoms with E-state index in [0.29, 0.717) is 17.1 Å². The Hall–Kier alpha value is -2.28. The fourth-order valence-electron chi connectivity index (χ4n) is 3.51. The van der Waals surface area contributed by atoms with Gasteiger partial charge >= 0.3 is 0 Å². The Morgan fingerprint density at radius 1 is 1.33 bits per heavy atom. The summed E-state index contributed by atoms with van der Waals surface area (Å²) in [6, 6.07) is 11.1. The Morgan fingerprint density at radius 2 is 2.22 bits per heavy atom. The van der Waals surface area contributed by atoms with E-state index < -0.39 is 6.10 Å². The van der Waals surface area contributed by atoms with E-state index in [4.69, 9.17) is 11.6 Å². The lowest BCUT2D eigenvalue weighted by Crippen LogP contribution is -2.46. The van der Waals surface area contributed by atoms with E-state index in [1.165, 1.54) is 0 Å². The molecule has 0 bridgehead atoms. The summed E-state index contributed by atoms with van der Waals surface area (Å²) >= 11 is 6.08. The lowest BCUT2D eigenvalue weighted by atomic mass is 9.97. The number of nitrogens with one attached hydrogen (secondary N) is 1. The highest BCUT2D eigenvalue weighted by Crippen LogP contribution is 2.23. The van der Waals surface area contributed by atoms with Crippen molar-refractivity contribution in [2.75, 3.05) is 6.54 Å². The SMILES string of the molecule is O=C(C[C@H]1NCCC[C@@H]1O)Cn1cnc2ccc(-c3cccc(Cl)c3)nc21. The summed E-state index contributed by atoms with van der Waals surface area (Å²) in [5.74, 6) is 0.0442. The standard InChI is InChI=1S/C20H21ClN4O2/c21-14-4-1-3-13(9-14)16-6-7-17-20(24-16)25(12-23-17)11-15(26)10-18-19(27)5-2-8-22-18/h1,3-4,6-7,9,12,18-19,22,27H,2,5,8,10-11H2/t18-,19+/m1/s1. The van der Waals surface area contributed by atoms with Gasteiger partial charge in [-0.05, 0) is 43.7 Å². The number of halogens is 1. The van der Waals surface area contributed by atoms with Gasteiger partial charge in [-0.15, -0.1) is 0 Å². The van der Waals surface area contributed by atoms with Crippen molar-refractivity contribution >= 4 is 28.5 Å². The van der Waals surface area contributed by atoms with Crippen molar-refractivity contribution in [3.05, 3.63) is 47.7 Å². The first-order valence-corrected chi connectivity index (χ1v) is 9.49. The molecule has 2 atom stereocenters. The number of aliphatic hydroxyl groups is 1. The van der Waals surface area contributed by atoms with Gasteiger partial charge in [0.15, 0.2) is 11.4 Å². The number of benzene rings is 1. The van der Waals surface area contributed by atoms with Crippen molar-refractivity contribution < 1.29 is 9.90 Å². The first kappa shape index (κ1) is 18.1. The summed E-state index contributed by atoms with van der Waals surface area (Å²) in [5.41, 5.74) is 3.10. The summed E-state index contributed by atoms with van der Waals surface area (Å²) in [4.78, 5) is 21.6. The molecular weight excluding hydrogens is 364 g/mol. The van der Waals surface area contributed by atoms with Crippen molar-refractivity contribution in [3.8, 4) is 11.3 Å². The van der Waals surface area contributed by atoms with Crippen LogP contribution < -0.4 is 5.32 Å². The smallest absolute Gasteiger partial charge is 0.160 e. The number of hydrogen-bond donors (Lipinski definition) is 2. The summed E-state index contributed by atoms with van der Waals surface area (Å²) in [6.07, 6.45) is 3.16. The molecule has 2 aromatic heterocycles. The van der Waals surface area contributed by atoms with Gasteiger partial charge in [-0.3, -0.25) is 4.79 Å². The number of carbonyl (C=O) groups excluding carboxylic acids is 1. The van der Waals surface area contributed by atoms with Crippen LogP contribution in [-0.4, -0.2) is 44.1 Å². The Bertz CT molecular complexity index is 972. The third-order valence-electron chi connectivity index (χ3n) is 4.93. The minimum Gasteiger partial charge on any atom is -0.391 e. The molecule has 3 aromatic rings. The minimum atomic E-state index is -0.463. The number of Topliss-reactive ketones (excluding diaryl/α,β-unsaturated/α-hetero) is 1. The fourth-order valence-corrected chi connectivity index (χ4v) is 3.70. The quantitative estimate of drug-likeness (QED) is 0.707. The summed E-state index contributed by atoms with van der Waals surface area (Å²) in [7, 11) is 0. The van der Waals surface area contributed by atoms with Crippen LogP contribution in [0, 0.1) is 0 Å². The van der Waals surface area contributed by atoms with Crippen LogP contribution in [0.3, 0.4) is 0 Å². The number of aliphatic hydroxyl groups excluding tert-OH is 1. The van der Waals surface area contributed by atoms with E-state index in [9.17, 15) is 9.90 Å². The molecule has 0 unspecified atom stereocenters. The van der Waals surface area contributed by atoms with Gasteiger partial charge in [0, 0.05) is 23.0 Å². The molecule has 4 rings (SSSR count). The van der Waals surface area contributed by atoms with Crippen LogP contribution in [0.4, 0.5) is 0 Å². The molecule has 1 aliphatic rings. The minimum absolute atomic E-state index is 0.0442. The second-order valence-electron chi connectivity index (χ2n) is 6.94. The predicted octanol–water partition coefficient (Wildman–Crippen LogP) is 2.82. The maximum atomic E-state index is 12.5. The first-order valence-electron chi connectivity index (χ1n) is 9.11. The summed E-state index contributed by atoms with van der Waals surface area (Å²) in [6.45, 7) is 1.03. The Labute approximate surface area is 162 Å². The number of aromatic nitrogens is 3. The van der Waals surface area contributed by atoms with Gasteiger partial charge in [0.25, 0.3) is 0 Å². The average Bonchev–Trinajstić information content (AvgIpc) is 3.06. The highest BCUT2D eigenvalue weighted by molar-refractivity contribution is 6.30. The third-order valence-corrected chi connectivity index (χ3v) is 5.16. The summed E-state index contributed by atoms with van der Waals surface area (Å²) < 4.78 is 1.76. The van der Waals surface area contributed by atoms with Crippen LogP contribution in [0.1, 0.15) is 19.3 Å². The van der Waals surface area contributed by atoms with Gasteiger partial charge in [-0.1, -0.05) is 23.7 Å². The molecule has 0 saturated carbocycles. The van der Waals surface area contributed by atoms with Crippen LogP contribution in [0.5, 0.6) is 0 Å². The van der Waals surface area contributed by atoms with Crippen LogP contribution in [0.15, 0.2) is 42.7 Å². The number of imidazole rings is 1. The molecule has 0 aliphatic carbocycles. The lowest BCUT2D eigenvalue weighted by molar-refractivity contribution is -0.121. The maximum absolute atomic E-state index is 12.5. The van der Waals surface area contributed by atoms with E-state index in [1.54, 1.807) is 10.9 Å². The van der Waals surface area contributed by atoms with E-state index in [-0.39, 0.29) is 18.4 Å². The lowest BCUT2D eigenvalue weighted by Gasteiger charge is -2.28. The molecule has 140 valence electrons. The average molecular weight is 385 g/mol. The fraction of sp³-hybridized carbons (Fsp3) is 0.350. The van der Waals surface area contributed by atoms with Gasteiger partial charge in [0.05, 0.1) is 24.7 Å². The molecule has 7 heteroatoms. The van der Waals surface area contributed by atoms with Crippen molar-refractivity contribution in [2.24, 2.45) is 0 Å². The molecule has 1 aromatic carbocycles. The van der Waals surface area contributed by atoms with Crippen LogP contribution in [-0.2, 0) is 11.3 Å². The number of rotatable bonds is 5.